The zero-order chi connectivity index (χ0) is 10.4. The van der Waals surface area contributed by atoms with Crippen LogP contribution in [-0.4, -0.2) is 18.9 Å². The van der Waals surface area contributed by atoms with Gasteiger partial charge in [-0.2, -0.15) is 0 Å². The molecular formula is C10H11NO3. The summed E-state index contributed by atoms with van der Waals surface area (Å²) < 4.78 is 4.59. The van der Waals surface area contributed by atoms with E-state index in [1.165, 1.54) is 0 Å². The summed E-state index contributed by atoms with van der Waals surface area (Å²) in [5.41, 5.74) is 0.546. The Labute approximate surface area is 81.9 Å². The van der Waals surface area contributed by atoms with E-state index in [1.807, 2.05) is 6.92 Å². The molecule has 1 aromatic rings. The molecule has 1 aromatic carbocycles. The average Bonchev–Trinajstić information content (AvgIpc) is 2.20. The van der Waals surface area contributed by atoms with Gasteiger partial charge < -0.3 is 10.1 Å². The van der Waals surface area contributed by atoms with Gasteiger partial charge in [-0.3, -0.25) is 9.59 Å². The Hall–Kier alpha value is -1.84. The van der Waals surface area contributed by atoms with Crippen molar-refractivity contribution in [3.05, 3.63) is 29.8 Å². The predicted octanol–water partition coefficient (Wildman–Crippen LogP) is 0.972. The lowest BCUT2D eigenvalue weighted by Crippen LogP contribution is -2.22. The predicted molar refractivity (Wildman–Crippen MR) is 51.1 cm³/mol. The van der Waals surface area contributed by atoms with Crippen LogP contribution in [0.3, 0.4) is 0 Å². The fourth-order valence-corrected chi connectivity index (χ4v) is 1.00. The van der Waals surface area contributed by atoms with Crippen molar-refractivity contribution in [1.29, 1.82) is 0 Å². The van der Waals surface area contributed by atoms with Gasteiger partial charge in [-0.05, 0) is 31.2 Å². The lowest BCUT2D eigenvalue weighted by molar-refractivity contribution is -0.120. The molecule has 74 valence electrons. The van der Waals surface area contributed by atoms with Gasteiger partial charge >= 0.3 is 0 Å². The van der Waals surface area contributed by atoms with Crippen LogP contribution in [0.2, 0.25) is 0 Å². The van der Waals surface area contributed by atoms with Crippen LogP contribution in [0.1, 0.15) is 17.3 Å². The van der Waals surface area contributed by atoms with E-state index in [4.69, 9.17) is 0 Å². The van der Waals surface area contributed by atoms with Gasteiger partial charge in [-0.1, -0.05) is 0 Å². The van der Waals surface area contributed by atoms with Gasteiger partial charge in [0.1, 0.15) is 5.75 Å². The first kappa shape index (κ1) is 10.2. The molecule has 0 aliphatic carbocycles. The standard InChI is InChI=1S/C10H11NO3/c1-2-11-10(13)8-3-5-9(6-4-8)14-7-12/h3-7H,2H2,1H3,(H,11,13). The summed E-state index contributed by atoms with van der Waals surface area (Å²) in [6, 6.07) is 6.34. The van der Waals surface area contributed by atoms with Crippen molar-refractivity contribution >= 4 is 12.4 Å². The molecular weight excluding hydrogens is 182 g/mol. The zero-order valence-corrected chi connectivity index (χ0v) is 7.82. The molecule has 0 atom stereocenters. The summed E-state index contributed by atoms with van der Waals surface area (Å²) >= 11 is 0. The smallest absolute Gasteiger partial charge is 0.298 e. The first-order chi connectivity index (χ1) is 6.77. The number of ether oxygens (including phenoxy) is 1. The maximum Gasteiger partial charge on any atom is 0.298 e. The second-order valence-corrected chi connectivity index (χ2v) is 2.60. The number of hydrogen-bond donors (Lipinski definition) is 1. The molecule has 0 radical (unpaired) electrons. The first-order valence-corrected chi connectivity index (χ1v) is 4.26. The fraction of sp³-hybridized carbons (Fsp3) is 0.200. The van der Waals surface area contributed by atoms with Crippen LogP contribution in [0.5, 0.6) is 5.75 Å². The van der Waals surface area contributed by atoms with Gasteiger partial charge in [-0.25, -0.2) is 0 Å². The summed E-state index contributed by atoms with van der Waals surface area (Å²) in [7, 11) is 0. The third-order valence-corrected chi connectivity index (χ3v) is 1.64. The van der Waals surface area contributed by atoms with Gasteiger partial charge in [0.05, 0.1) is 0 Å². The van der Waals surface area contributed by atoms with Crippen LogP contribution in [0.25, 0.3) is 0 Å². The van der Waals surface area contributed by atoms with E-state index in [-0.39, 0.29) is 5.91 Å². The number of hydrogen-bond acceptors (Lipinski definition) is 3. The number of carbonyl (C=O) groups is 2. The van der Waals surface area contributed by atoms with Crippen LogP contribution >= 0.6 is 0 Å². The molecule has 4 heteroatoms. The Morgan fingerprint density at radius 3 is 2.57 bits per heavy atom. The molecule has 1 rings (SSSR count). The third-order valence-electron chi connectivity index (χ3n) is 1.64. The Morgan fingerprint density at radius 1 is 1.43 bits per heavy atom. The lowest BCUT2D eigenvalue weighted by atomic mass is 10.2. The van der Waals surface area contributed by atoms with Crippen LogP contribution in [-0.2, 0) is 4.79 Å². The second kappa shape index (κ2) is 5.01. The van der Waals surface area contributed by atoms with Gasteiger partial charge in [0.25, 0.3) is 12.4 Å². The highest BCUT2D eigenvalue weighted by Crippen LogP contribution is 2.10. The monoisotopic (exact) mass is 193 g/mol. The molecule has 0 aromatic heterocycles. The largest absolute Gasteiger partial charge is 0.429 e. The normalized spacial score (nSPS) is 9.21. The molecule has 14 heavy (non-hydrogen) atoms. The van der Waals surface area contributed by atoms with Gasteiger partial charge in [-0.15, -0.1) is 0 Å². The summed E-state index contributed by atoms with van der Waals surface area (Å²) in [4.78, 5) is 21.3. The molecule has 0 saturated carbocycles. The molecule has 4 nitrogen and oxygen atoms in total. The minimum absolute atomic E-state index is 0.134. The molecule has 0 aliphatic rings. The molecule has 0 bridgehead atoms. The van der Waals surface area contributed by atoms with Crippen LogP contribution < -0.4 is 10.1 Å². The molecule has 0 saturated heterocycles. The van der Waals surface area contributed by atoms with Crippen molar-refractivity contribution in [3.63, 3.8) is 0 Å². The summed E-state index contributed by atoms with van der Waals surface area (Å²) in [5, 5.41) is 2.66. The van der Waals surface area contributed by atoms with Crippen molar-refractivity contribution in [3.8, 4) is 5.75 Å². The molecule has 0 aliphatic heterocycles. The minimum Gasteiger partial charge on any atom is -0.429 e. The Kier molecular flexibility index (Phi) is 3.67. The maximum atomic E-state index is 11.3. The molecule has 0 spiro atoms. The lowest BCUT2D eigenvalue weighted by Gasteiger charge is -2.02. The zero-order valence-electron chi connectivity index (χ0n) is 7.82. The Bertz CT molecular complexity index is 319. The summed E-state index contributed by atoms with van der Waals surface area (Å²) in [6.07, 6.45) is 0. The highest BCUT2D eigenvalue weighted by Gasteiger charge is 2.03. The molecule has 0 fully saturated rings. The van der Waals surface area contributed by atoms with Crippen molar-refractivity contribution < 1.29 is 14.3 Å². The van der Waals surface area contributed by atoms with E-state index >= 15 is 0 Å². The Balaban J connectivity index is 2.72. The number of nitrogens with one attached hydrogen (secondary N) is 1. The molecule has 0 unspecified atom stereocenters. The average molecular weight is 193 g/mol. The van der Waals surface area contributed by atoms with Crippen LogP contribution in [0.15, 0.2) is 24.3 Å². The summed E-state index contributed by atoms with van der Waals surface area (Å²) in [6.45, 7) is 2.79. The van der Waals surface area contributed by atoms with Crippen molar-refractivity contribution in [2.45, 2.75) is 6.92 Å². The maximum absolute atomic E-state index is 11.3. The third kappa shape index (κ3) is 2.58. The molecule has 1 N–H and O–H groups in total. The molecule has 1 amide bonds. The number of benzene rings is 1. The van der Waals surface area contributed by atoms with Crippen molar-refractivity contribution in [2.75, 3.05) is 6.54 Å². The fourth-order valence-electron chi connectivity index (χ4n) is 1.00. The van der Waals surface area contributed by atoms with Gasteiger partial charge in [0, 0.05) is 12.1 Å². The van der Waals surface area contributed by atoms with Gasteiger partial charge in [0.15, 0.2) is 0 Å². The van der Waals surface area contributed by atoms with E-state index in [2.05, 4.69) is 10.1 Å². The first-order valence-electron chi connectivity index (χ1n) is 4.26. The summed E-state index contributed by atoms with van der Waals surface area (Å²) in [5.74, 6) is 0.290. The molecule has 0 heterocycles. The van der Waals surface area contributed by atoms with Crippen molar-refractivity contribution in [1.82, 2.24) is 5.32 Å². The number of amides is 1. The van der Waals surface area contributed by atoms with E-state index in [9.17, 15) is 9.59 Å². The van der Waals surface area contributed by atoms with E-state index in [0.29, 0.717) is 24.3 Å². The Morgan fingerprint density at radius 2 is 2.07 bits per heavy atom. The van der Waals surface area contributed by atoms with E-state index in [0.717, 1.165) is 0 Å². The van der Waals surface area contributed by atoms with Gasteiger partial charge in [0.2, 0.25) is 0 Å². The SMILES string of the molecule is CCNC(=O)c1ccc(OC=O)cc1. The van der Waals surface area contributed by atoms with E-state index < -0.39 is 0 Å². The van der Waals surface area contributed by atoms with E-state index in [1.54, 1.807) is 24.3 Å². The topological polar surface area (TPSA) is 55.4 Å². The highest BCUT2D eigenvalue weighted by atomic mass is 16.5. The van der Waals surface area contributed by atoms with Crippen LogP contribution in [0.4, 0.5) is 0 Å². The second-order valence-electron chi connectivity index (χ2n) is 2.60. The quantitative estimate of drug-likeness (QED) is 0.725. The number of rotatable bonds is 4. The van der Waals surface area contributed by atoms with Crippen LogP contribution in [0, 0.1) is 0 Å². The number of carbonyl (C=O) groups excluding carboxylic acids is 2. The highest BCUT2D eigenvalue weighted by molar-refractivity contribution is 5.94. The minimum atomic E-state index is -0.134. The van der Waals surface area contributed by atoms with Crippen molar-refractivity contribution in [2.24, 2.45) is 0 Å².